The molecule has 9 aromatic rings. The van der Waals surface area contributed by atoms with Crippen molar-refractivity contribution in [3.8, 4) is 50.8 Å². The van der Waals surface area contributed by atoms with Crippen LogP contribution in [-0.4, -0.2) is 46.5 Å². The van der Waals surface area contributed by atoms with Crippen LogP contribution < -0.4 is 5.46 Å². The second kappa shape index (κ2) is 21.8. The predicted octanol–water partition coefficient (Wildman–Crippen LogP) is 19.7. The summed E-state index contributed by atoms with van der Waals surface area (Å²) < 4.78 is 33.2. The number of thiophene rings is 4. The van der Waals surface area contributed by atoms with Crippen molar-refractivity contribution >= 4 is 135 Å². The topological polar surface area (TPSA) is 70.0 Å². The molecule has 0 unspecified atom stereocenters. The molecule has 0 amide bonds. The second-order valence-corrected chi connectivity index (χ2v) is 29.8. The molecule has 6 aromatic heterocycles. The van der Waals surface area contributed by atoms with Crippen LogP contribution in [-0.2, 0) is 26.6 Å². The molecule has 0 N–H and O–H groups in total. The molecule has 394 valence electrons. The summed E-state index contributed by atoms with van der Waals surface area (Å²) in [5.74, 6) is 0. The van der Waals surface area contributed by atoms with Gasteiger partial charge in [-0.2, -0.15) is 17.5 Å². The van der Waals surface area contributed by atoms with Gasteiger partial charge in [0.1, 0.15) is 22.1 Å². The lowest BCUT2D eigenvalue weighted by atomic mass is 9.71. The van der Waals surface area contributed by atoms with E-state index in [0.29, 0.717) is 0 Å². The van der Waals surface area contributed by atoms with E-state index in [1.165, 1.54) is 186 Å². The van der Waals surface area contributed by atoms with Gasteiger partial charge in [0, 0.05) is 83.5 Å². The zero-order chi connectivity index (χ0) is 52.4. The third kappa shape index (κ3) is 9.65. The van der Waals surface area contributed by atoms with Crippen molar-refractivity contribution in [3.05, 3.63) is 112 Å². The maximum Gasteiger partial charge on any atom is 0.497 e. The van der Waals surface area contributed by atoms with Crippen molar-refractivity contribution in [2.24, 2.45) is 0 Å². The van der Waals surface area contributed by atoms with Crippen LogP contribution in [0.1, 0.15) is 164 Å². The van der Waals surface area contributed by atoms with Crippen molar-refractivity contribution in [1.82, 2.24) is 17.5 Å². The Morgan fingerprint density at radius 2 is 0.947 bits per heavy atom. The van der Waals surface area contributed by atoms with Crippen molar-refractivity contribution in [3.63, 3.8) is 0 Å². The Morgan fingerprint density at radius 3 is 1.57 bits per heavy atom. The van der Waals surface area contributed by atoms with Crippen LogP contribution in [0.4, 0.5) is 0 Å². The number of rotatable bonds is 22. The summed E-state index contributed by atoms with van der Waals surface area (Å²) in [6.07, 6.45) is 18.5. The van der Waals surface area contributed by atoms with Gasteiger partial charge in [-0.15, -0.1) is 45.3 Å². The molecule has 0 saturated carbocycles. The van der Waals surface area contributed by atoms with E-state index in [1.807, 2.05) is 45.3 Å². The highest BCUT2D eigenvalue weighted by atomic mass is 79.9. The zero-order valence-electron chi connectivity index (χ0n) is 44.4. The number of fused-ring (bicyclic) bond motifs is 8. The fourth-order valence-electron chi connectivity index (χ4n) is 12.1. The van der Waals surface area contributed by atoms with Gasteiger partial charge >= 0.3 is 7.12 Å². The predicted molar refractivity (Wildman–Crippen MR) is 337 cm³/mol. The van der Waals surface area contributed by atoms with Crippen LogP contribution in [0.3, 0.4) is 0 Å². The summed E-state index contributed by atoms with van der Waals surface area (Å²) in [4.78, 5) is 11.1. The molecule has 1 fully saturated rings. The number of alkyl halides is 2. The Hall–Kier alpha value is -2.96. The van der Waals surface area contributed by atoms with Crippen molar-refractivity contribution in [2.75, 3.05) is 10.7 Å². The Kier molecular flexibility index (Phi) is 15.4. The van der Waals surface area contributed by atoms with E-state index in [2.05, 4.69) is 152 Å². The first-order valence-electron chi connectivity index (χ1n) is 27.4. The third-order valence-electron chi connectivity index (χ3n) is 17.2. The van der Waals surface area contributed by atoms with Crippen LogP contribution in [0.15, 0.2) is 78.9 Å². The lowest BCUT2D eigenvalue weighted by Crippen LogP contribution is -2.41. The molecule has 0 atom stereocenters. The SMILES string of the molecule is CC1(C)c2cc(-c3ccccc3)sc2-c2sc(-c3ccc(Cc4cc5c(s4)-c4sc(-c6ccc(B7OC(C)(C)C(C)(C)O7)c7nsnc67)cc4C5(CCCCCCCCBr)CCCCCCCCBr)c4nsnc34)cc21. The lowest BCUT2D eigenvalue weighted by Gasteiger charge is -2.32. The molecule has 6 nitrogen and oxygen atoms in total. The highest BCUT2D eigenvalue weighted by molar-refractivity contribution is 9.09. The Labute approximate surface area is 490 Å². The second-order valence-electron chi connectivity index (χ2n) is 22.9. The Morgan fingerprint density at radius 1 is 0.474 bits per heavy atom. The smallest absolute Gasteiger partial charge is 0.399 e. The summed E-state index contributed by atoms with van der Waals surface area (Å²) in [7, 11) is -0.497. The summed E-state index contributed by atoms with van der Waals surface area (Å²) in [5, 5.41) is 2.19. The molecular formula is C61H65BBr2N4O2S6. The van der Waals surface area contributed by atoms with Gasteiger partial charge in [0.05, 0.1) is 34.7 Å². The minimum atomic E-state index is -0.497. The van der Waals surface area contributed by atoms with Crippen LogP contribution in [0.2, 0.25) is 0 Å². The van der Waals surface area contributed by atoms with Gasteiger partial charge in [0.15, 0.2) is 0 Å². The molecule has 7 heterocycles. The van der Waals surface area contributed by atoms with Gasteiger partial charge in [-0.05, 0) is 111 Å². The van der Waals surface area contributed by atoms with Crippen molar-refractivity contribution in [1.29, 1.82) is 0 Å². The van der Waals surface area contributed by atoms with E-state index in [-0.39, 0.29) is 10.8 Å². The van der Waals surface area contributed by atoms with E-state index in [4.69, 9.17) is 26.8 Å². The average Bonchev–Trinajstić information content (AvgIpc) is 4.41. The van der Waals surface area contributed by atoms with Crippen LogP contribution in [0, 0.1) is 0 Å². The maximum absolute atomic E-state index is 6.58. The first-order chi connectivity index (χ1) is 36.8. The molecule has 1 saturated heterocycles. The number of hydrogen-bond acceptors (Lipinski definition) is 12. The molecule has 3 aromatic carbocycles. The Balaban J connectivity index is 0.892. The number of aromatic nitrogens is 4. The molecule has 76 heavy (non-hydrogen) atoms. The zero-order valence-corrected chi connectivity index (χ0v) is 52.5. The molecule has 12 rings (SSSR count). The molecule has 3 aliphatic rings. The van der Waals surface area contributed by atoms with Crippen molar-refractivity contribution in [2.45, 2.75) is 160 Å². The molecule has 0 radical (unpaired) electrons. The highest BCUT2D eigenvalue weighted by Gasteiger charge is 2.53. The molecule has 2 aliphatic carbocycles. The maximum atomic E-state index is 6.58. The van der Waals surface area contributed by atoms with Gasteiger partial charge in [0.25, 0.3) is 0 Å². The van der Waals surface area contributed by atoms with Crippen molar-refractivity contribution < 1.29 is 9.31 Å². The van der Waals surface area contributed by atoms with Gasteiger partial charge < -0.3 is 9.31 Å². The normalized spacial score (nSPS) is 16.6. The van der Waals surface area contributed by atoms with Gasteiger partial charge in [-0.3, -0.25) is 0 Å². The molecule has 15 heteroatoms. The molecular weight excluding hydrogens is 1180 g/mol. The van der Waals surface area contributed by atoms with Crippen LogP contribution >= 0.6 is 101 Å². The van der Waals surface area contributed by atoms with E-state index >= 15 is 0 Å². The first kappa shape index (κ1) is 53.7. The van der Waals surface area contributed by atoms with Crippen LogP contribution in [0.25, 0.3) is 72.9 Å². The standard InChI is InChI=1S/C61H65BBr2N4O2S6/c1-58(2)42-34-47(37-22-16-15-17-23-37)72-54(42)55-43(58)35-48(73-55)40-25-24-38(50-51(40)66-75-65-50)32-39-33-44-56(71-39)57-45(61(44,28-18-11-7-9-13-20-30-63)29-19-12-8-10-14-21-31-64)36-49(74-57)41-26-27-46(53-52(41)67-76-68-53)62-69-59(3,4)60(5,6)70-62/h15-17,22-27,33-36H,7-14,18-21,28-32H2,1-6H3. The fraction of sp³-hybridized carbons (Fsp3) is 0.443. The number of nitrogens with zero attached hydrogens (tertiary/aromatic N) is 4. The van der Waals surface area contributed by atoms with Gasteiger partial charge in [-0.25, -0.2) is 0 Å². The minimum Gasteiger partial charge on any atom is -0.399 e. The summed E-state index contributed by atoms with van der Waals surface area (Å²) in [5.41, 5.74) is 14.7. The van der Waals surface area contributed by atoms with E-state index < -0.39 is 18.3 Å². The lowest BCUT2D eigenvalue weighted by molar-refractivity contribution is 0.00578. The summed E-state index contributed by atoms with van der Waals surface area (Å²) in [6, 6.07) is 30.1. The summed E-state index contributed by atoms with van der Waals surface area (Å²) in [6.45, 7) is 13.2. The highest BCUT2D eigenvalue weighted by Crippen LogP contribution is 2.62. The number of halogens is 2. The minimum absolute atomic E-state index is 0.0407. The summed E-state index contributed by atoms with van der Waals surface area (Å²) >= 11 is 17.8. The first-order valence-corrected chi connectivity index (χ1v) is 34.4. The van der Waals surface area contributed by atoms with E-state index in [9.17, 15) is 0 Å². The molecule has 0 bridgehead atoms. The third-order valence-corrected chi connectivity index (χ3v) is 24.3. The van der Waals surface area contributed by atoms with E-state index in [0.717, 1.165) is 50.2 Å². The molecule has 1 aliphatic heterocycles. The van der Waals surface area contributed by atoms with Gasteiger partial charge in [0.2, 0.25) is 0 Å². The molecule has 0 spiro atoms. The largest absolute Gasteiger partial charge is 0.497 e. The fourth-order valence-corrected chi connectivity index (χ4v) is 19.6. The van der Waals surface area contributed by atoms with E-state index in [1.54, 1.807) is 5.56 Å². The number of hydrogen-bond donors (Lipinski definition) is 0. The van der Waals surface area contributed by atoms with Crippen LogP contribution in [0.5, 0.6) is 0 Å². The monoisotopic (exact) mass is 1250 g/mol. The quantitative estimate of drug-likeness (QED) is 0.0383. The number of unbranched alkanes of at least 4 members (excludes halogenated alkanes) is 10. The number of benzene rings is 3. The van der Waals surface area contributed by atoms with Gasteiger partial charge in [-0.1, -0.05) is 165 Å². The Bertz CT molecular complexity index is 3510. The average molecular weight is 1250 g/mol.